The highest BCUT2D eigenvalue weighted by atomic mass is 35.5. The number of rotatable bonds is 5. The van der Waals surface area contributed by atoms with Crippen molar-refractivity contribution in [2.24, 2.45) is 0 Å². The minimum Gasteiger partial charge on any atom is -0.244 e. The fraction of sp³-hybridized carbons (Fsp3) is 0.100. The number of pyridine rings is 1. The Labute approximate surface area is 176 Å². The first-order chi connectivity index (χ1) is 14.1. The van der Waals surface area contributed by atoms with Crippen molar-refractivity contribution in [1.29, 1.82) is 5.26 Å². The van der Waals surface area contributed by atoms with Crippen molar-refractivity contribution < 1.29 is 21.6 Å². The maximum atomic E-state index is 13.3. The van der Waals surface area contributed by atoms with E-state index >= 15 is 0 Å². The predicted octanol–water partition coefficient (Wildman–Crippen LogP) is 5.02. The molecule has 1 heterocycles. The molecule has 5 nitrogen and oxygen atoms in total. The highest BCUT2D eigenvalue weighted by Gasteiger charge is 2.34. The van der Waals surface area contributed by atoms with Crippen LogP contribution in [0.1, 0.15) is 16.7 Å². The molecule has 0 atom stereocenters. The smallest absolute Gasteiger partial charge is 0.244 e. The van der Waals surface area contributed by atoms with Crippen molar-refractivity contribution in [2.45, 2.75) is 17.6 Å². The van der Waals surface area contributed by atoms with Gasteiger partial charge in [0.1, 0.15) is 0 Å². The van der Waals surface area contributed by atoms with Gasteiger partial charge in [-0.25, -0.2) is 17.7 Å². The summed E-state index contributed by atoms with van der Waals surface area (Å²) < 4.78 is 66.3. The van der Waals surface area contributed by atoms with E-state index in [2.05, 4.69) is 4.98 Å². The number of hydrogen-bond acceptors (Lipinski definition) is 4. The van der Waals surface area contributed by atoms with E-state index in [9.17, 15) is 21.6 Å². The lowest BCUT2D eigenvalue weighted by atomic mass is 10.2. The van der Waals surface area contributed by atoms with Crippen molar-refractivity contribution in [1.82, 2.24) is 4.98 Å². The largest absolute Gasteiger partial charge is 0.417 e. The molecule has 2 aromatic carbocycles. The zero-order chi connectivity index (χ0) is 21.9. The summed E-state index contributed by atoms with van der Waals surface area (Å²) in [5, 5.41) is 8.45. The Morgan fingerprint density at radius 1 is 1.07 bits per heavy atom. The number of aromatic nitrogens is 1. The standard InChI is InChI=1S/C20H13ClF3N3O2S/c21-18-10-16(20(22,23)24)12-26-19(18)27(13-15-4-2-1-3-5-15)30(28,29)17-8-6-14(11-25)7-9-17/h1-10,12H,13H2. The van der Waals surface area contributed by atoms with Crippen LogP contribution in [0.4, 0.5) is 19.0 Å². The number of nitrogens with zero attached hydrogens (tertiary/aromatic N) is 3. The Morgan fingerprint density at radius 2 is 1.70 bits per heavy atom. The van der Waals surface area contributed by atoms with Gasteiger partial charge in [-0.05, 0) is 35.9 Å². The van der Waals surface area contributed by atoms with Crippen molar-refractivity contribution in [3.05, 3.63) is 88.6 Å². The van der Waals surface area contributed by atoms with Gasteiger partial charge in [0, 0.05) is 6.20 Å². The van der Waals surface area contributed by atoms with E-state index in [-0.39, 0.29) is 22.8 Å². The number of sulfonamides is 1. The summed E-state index contributed by atoms with van der Waals surface area (Å²) in [6, 6.07) is 16.1. The molecule has 10 heteroatoms. The maximum absolute atomic E-state index is 13.3. The van der Waals surface area contributed by atoms with Gasteiger partial charge in [0.25, 0.3) is 10.0 Å². The lowest BCUT2D eigenvalue weighted by molar-refractivity contribution is -0.137. The molecule has 0 unspecified atom stereocenters. The molecule has 30 heavy (non-hydrogen) atoms. The minimum atomic E-state index is -4.68. The van der Waals surface area contributed by atoms with Crippen molar-refractivity contribution >= 4 is 27.4 Å². The van der Waals surface area contributed by atoms with Crippen molar-refractivity contribution in [3.63, 3.8) is 0 Å². The molecular weight excluding hydrogens is 439 g/mol. The Kier molecular flexibility index (Phi) is 6.01. The van der Waals surface area contributed by atoms with Crippen LogP contribution in [0, 0.1) is 11.3 Å². The van der Waals surface area contributed by atoms with Gasteiger partial charge in [-0.3, -0.25) is 0 Å². The summed E-state index contributed by atoms with van der Waals surface area (Å²) >= 11 is 6.03. The zero-order valence-corrected chi connectivity index (χ0v) is 16.7. The number of alkyl halides is 3. The third-order valence-electron chi connectivity index (χ3n) is 4.13. The molecule has 0 saturated carbocycles. The highest BCUT2D eigenvalue weighted by molar-refractivity contribution is 7.92. The number of halogens is 4. The van der Waals surface area contributed by atoms with E-state index in [4.69, 9.17) is 16.9 Å². The number of anilines is 1. The van der Waals surface area contributed by atoms with E-state index in [1.54, 1.807) is 30.3 Å². The van der Waals surface area contributed by atoms with Gasteiger partial charge < -0.3 is 0 Å². The first kappa shape index (κ1) is 21.6. The van der Waals surface area contributed by atoms with Gasteiger partial charge >= 0.3 is 6.18 Å². The number of nitriles is 1. The van der Waals surface area contributed by atoms with E-state index < -0.39 is 26.8 Å². The Morgan fingerprint density at radius 3 is 2.23 bits per heavy atom. The average molecular weight is 452 g/mol. The van der Waals surface area contributed by atoms with Gasteiger partial charge in [0.05, 0.1) is 33.7 Å². The maximum Gasteiger partial charge on any atom is 0.417 e. The Balaban J connectivity index is 2.12. The van der Waals surface area contributed by atoms with Crippen LogP contribution in [0.25, 0.3) is 0 Å². The fourth-order valence-electron chi connectivity index (χ4n) is 2.62. The molecule has 1 aromatic heterocycles. The minimum absolute atomic E-state index is 0.157. The molecule has 3 rings (SSSR count). The van der Waals surface area contributed by atoms with E-state index in [1.807, 2.05) is 6.07 Å². The van der Waals surface area contributed by atoms with Crippen LogP contribution in [-0.4, -0.2) is 13.4 Å². The highest BCUT2D eigenvalue weighted by Crippen LogP contribution is 2.35. The Bertz CT molecular complexity index is 1190. The van der Waals surface area contributed by atoms with E-state index in [1.165, 1.54) is 24.3 Å². The van der Waals surface area contributed by atoms with Crippen molar-refractivity contribution in [2.75, 3.05) is 4.31 Å². The molecule has 0 N–H and O–H groups in total. The first-order valence-electron chi connectivity index (χ1n) is 8.42. The van der Waals surface area contributed by atoms with Gasteiger partial charge in [-0.15, -0.1) is 0 Å². The fourth-order valence-corrected chi connectivity index (χ4v) is 4.37. The summed E-state index contributed by atoms with van der Waals surface area (Å²) in [4.78, 5) is 3.55. The zero-order valence-electron chi connectivity index (χ0n) is 15.1. The van der Waals surface area contributed by atoms with Gasteiger partial charge in [-0.1, -0.05) is 41.9 Å². The van der Waals surface area contributed by atoms with E-state index in [0.717, 1.165) is 4.31 Å². The van der Waals surface area contributed by atoms with Crippen molar-refractivity contribution in [3.8, 4) is 6.07 Å². The lowest BCUT2D eigenvalue weighted by Gasteiger charge is -2.25. The SMILES string of the molecule is N#Cc1ccc(S(=O)(=O)N(Cc2ccccc2)c2ncc(C(F)(F)F)cc2Cl)cc1. The summed E-state index contributed by atoms with van der Waals surface area (Å²) in [6.07, 6.45) is -4.14. The molecule has 0 aliphatic carbocycles. The summed E-state index contributed by atoms with van der Waals surface area (Å²) in [7, 11) is -4.25. The third kappa shape index (κ3) is 4.56. The number of benzene rings is 2. The van der Waals surface area contributed by atoms with Crippen LogP contribution in [0.2, 0.25) is 5.02 Å². The molecule has 0 radical (unpaired) electrons. The summed E-state index contributed by atoms with van der Waals surface area (Å²) in [5.74, 6) is -0.335. The van der Waals surface area contributed by atoms with Crippen LogP contribution in [0.15, 0.2) is 71.8 Å². The van der Waals surface area contributed by atoms with Crippen LogP contribution in [0.3, 0.4) is 0 Å². The summed E-state index contributed by atoms with van der Waals surface area (Å²) in [6.45, 7) is -0.207. The quantitative estimate of drug-likeness (QED) is 0.546. The van der Waals surface area contributed by atoms with Crippen LogP contribution >= 0.6 is 11.6 Å². The molecule has 0 amide bonds. The van der Waals surface area contributed by atoms with Gasteiger partial charge in [0.15, 0.2) is 5.82 Å². The van der Waals surface area contributed by atoms with Crippen LogP contribution < -0.4 is 4.31 Å². The van der Waals surface area contributed by atoms with Crippen LogP contribution in [0.5, 0.6) is 0 Å². The molecule has 0 aliphatic heterocycles. The average Bonchev–Trinajstić information content (AvgIpc) is 2.72. The van der Waals surface area contributed by atoms with Crippen LogP contribution in [-0.2, 0) is 22.7 Å². The lowest BCUT2D eigenvalue weighted by Crippen LogP contribution is -2.31. The second kappa shape index (κ2) is 8.34. The first-order valence-corrected chi connectivity index (χ1v) is 10.2. The third-order valence-corrected chi connectivity index (χ3v) is 6.15. The normalized spacial score (nSPS) is 11.7. The summed E-state index contributed by atoms with van der Waals surface area (Å²) in [5.41, 5.74) is -0.256. The monoisotopic (exact) mass is 451 g/mol. The van der Waals surface area contributed by atoms with Gasteiger partial charge in [0.2, 0.25) is 0 Å². The second-order valence-electron chi connectivity index (χ2n) is 6.16. The molecule has 3 aromatic rings. The molecule has 0 aliphatic rings. The number of hydrogen-bond donors (Lipinski definition) is 0. The van der Waals surface area contributed by atoms with Gasteiger partial charge in [-0.2, -0.15) is 18.4 Å². The molecule has 154 valence electrons. The molecule has 0 saturated heterocycles. The van der Waals surface area contributed by atoms with E-state index in [0.29, 0.717) is 17.8 Å². The second-order valence-corrected chi connectivity index (χ2v) is 8.43. The Hall–Kier alpha value is -3.09. The topological polar surface area (TPSA) is 74.1 Å². The molecule has 0 spiro atoms. The molecule has 0 fully saturated rings. The molecular formula is C20H13ClF3N3O2S. The predicted molar refractivity (Wildman–Crippen MR) is 105 cm³/mol. The molecule has 0 bridgehead atoms.